The third kappa shape index (κ3) is 4.00. The average Bonchev–Trinajstić information content (AvgIpc) is 3.22. The highest BCUT2D eigenvalue weighted by molar-refractivity contribution is 7.89. The topological polar surface area (TPSA) is 140 Å². The summed E-state index contributed by atoms with van der Waals surface area (Å²) in [5, 5.41) is 15.5. The first-order chi connectivity index (χ1) is 15.6. The van der Waals surface area contributed by atoms with Gasteiger partial charge in [0.15, 0.2) is 11.4 Å². The number of nitrogens with zero attached hydrogens (tertiary/aromatic N) is 6. The Kier molecular flexibility index (Phi) is 5.76. The Morgan fingerprint density at radius 1 is 1.15 bits per heavy atom. The minimum absolute atomic E-state index is 0.0261. The van der Waals surface area contributed by atoms with E-state index in [2.05, 4.69) is 10.1 Å². The van der Waals surface area contributed by atoms with E-state index in [4.69, 9.17) is 4.74 Å². The largest absolute Gasteiger partial charge is 0.490 e. The molecule has 2 aromatic heterocycles. The molecule has 1 amide bonds. The molecule has 1 aromatic carbocycles. The summed E-state index contributed by atoms with van der Waals surface area (Å²) in [5.74, 6) is -0.304. The van der Waals surface area contributed by atoms with Crippen LogP contribution in [0.3, 0.4) is 0 Å². The molecule has 0 radical (unpaired) electrons. The maximum absolute atomic E-state index is 13.1. The minimum atomic E-state index is -3.99. The van der Waals surface area contributed by atoms with Crippen LogP contribution in [0.15, 0.2) is 35.4 Å². The van der Waals surface area contributed by atoms with Crippen LogP contribution < -0.4 is 4.74 Å². The normalized spacial score (nSPS) is 15.1. The smallest absolute Gasteiger partial charge is 0.312 e. The van der Waals surface area contributed by atoms with E-state index in [9.17, 15) is 23.3 Å². The Bertz CT molecular complexity index is 1360. The molecule has 174 valence electrons. The van der Waals surface area contributed by atoms with Gasteiger partial charge in [-0.25, -0.2) is 17.9 Å². The summed E-state index contributed by atoms with van der Waals surface area (Å²) in [6.45, 7) is 4.14. The molecule has 0 atom stereocenters. The maximum atomic E-state index is 13.1. The first kappa shape index (κ1) is 22.6. The molecule has 3 aromatic rings. The lowest BCUT2D eigenvalue weighted by molar-refractivity contribution is -0.386. The van der Waals surface area contributed by atoms with Crippen molar-refractivity contribution in [2.45, 2.75) is 18.7 Å². The number of hydrogen-bond donors (Lipinski definition) is 0. The van der Waals surface area contributed by atoms with Crippen LogP contribution in [0.4, 0.5) is 5.69 Å². The molecule has 1 fully saturated rings. The van der Waals surface area contributed by atoms with E-state index in [1.807, 2.05) is 19.9 Å². The summed E-state index contributed by atoms with van der Waals surface area (Å²) in [4.78, 5) is 29.4. The number of ether oxygens (including phenoxy) is 1. The predicted octanol–water partition coefficient (Wildman–Crippen LogP) is 1.41. The van der Waals surface area contributed by atoms with E-state index >= 15 is 0 Å². The van der Waals surface area contributed by atoms with E-state index in [1.165, 1.54) is 29.7 Å². The lowest BCUT2D eigenvalue weighted by Crippen LogP contribution is -2.50. The molecular weight excluding hydrogens is 452 g/mol. The van der Waals surface area contributed by atoms with Crippen molar-refractivity contribution in [3.63, 3.8) is 0 Å². The number of rotatable bonds is 5. The van der Waals surface area contributed by atoms with E-state index < -0.39 is 20.6 Å². The molecule has 4 rings (SSSR count). The summed E-state index contributed by atoms with van der Waals surface area (Å²) >= 11 is 0. The molecule has 1 saturated heterocycles. The fourth-order valence-electron chi connectivity index (χ4n) is 3.85. The van der Waals surface area contributed by atoms with Crippen LogP contribution in [0.5, 0.6) is 5.75 Å². The van der Waals surface area contributed by atoms with Crippen LogP contribution in [0.2, 0.25) is 0 Å². The van der Waals surface area contributed by atoms with Crippen LogP contribution >= 0.6 is 0 Å². The van der Waals surface area contributed by atoms with Gasteiger partial charge in [0.2, 0.25) is 10.0 Å². The standard InChI is InChI=1S/C20H22N6O6S/c1-13-10-14(2)25-19(22-13)16(12-21-25)20(27)23-6-8-24(9-7-23)33(30,31)15-4-5-18(32-3)17(11-15)26(28)29/h4-5,10-12H,6-9H2,1-3H3. The summed E-state index contributed by atoms with van der Waals surface area (Å²) < 4.78 is 33.8. The van der Waals surface area contributed by atoms with Crippen LogP contribution in [-0.2, 0) is 10.0 Å². The van der Waals surface area contributed by atoms with Gasteiger partial charge in [-0.05, 0) is 32.0 Å². The number of nitro groups is 1. The predicted molar refractivity (Wildman–Crippen MR) is 117 cm³/mol. The van der Waals surface area contributed by atoms with Crippen LogP contribution in [0, 0.1) is 24.0 Å². The summed E-state index contributed by atoms with van der Waals surface area (Å²) in [7, 11) is -2.71. The number of amides is 1. The zero-order chi connectivity index (χ0) is 23.9. The number of carbonyl (C=O) groups excluding carboxylic acids is 1. The third-order valence-corrected chi connectivity index (χ3v) is 7.41. The number of carbonyl (C=O) groups is 1. The van der Waals surface area contributed by atoms with Crippen molar-refractivity contribution < 1.29 is 22.9 Å². The van der Waals surface area contributed by atoms with Crippen LogP contribution in [0.25, 0.3) is 5.65 Å². The first-order valence-electron chi connectivity index (χ1n) is 10.1. The zero-order valence-electron chi connectivity index (χ0n) is 18.3. The van der Waals surface area contributed by atoms with Crippen molar-refractivity contribution in [2.75, 3.05) is 33.3 Å². The molecule has 0 bridgehead atoms. The number of sulfonamides is 1. The van der Waals surface area contributed by atoms with Gasteiger partial charge in [-0.1, -0.05) is 0 Å². The van der Waals surface area contributed by atoms with Crippen molar-refractivity contribution in [1.29, 1.82) is 0 Å². The van der Waals surface area contributed by atoms with Gasteiger partial charge in [-0.2, -0.15) is 9.40 Å². The highest BCUT2D eigenvalue weighted by Gasteiger charge is 2.33. The number of benzene rings is 1. The molecule has 12 nitrogen and oxygen atoms in total. The van der Waals surface area contributed by atoms with E-state index in [0.717, 1.165) is 17.5 Å². The Hall–Kier alpha value is -3.58. The van der Waals surface area contributed by atoms with Crippen LogP contribution in [0.1, 0.15) is 21.7 Å². The number of methoxy groups -OCH3 is 1. The van der Waals surface area contributed by atoms with Gasteiger partial charge in [0.05, 0.1) is 23.1 Å². The van der Waals surface area contributed by atoms with E-state index in [-0.39, 0.29) is 42.7 Å². The SMILES string of the molecule is COc1ccc(S(=O)(=O)N2CCN(C(=O)c3cnn4c(C)cc(C)nc34)CC2)cc1[N+](=O)[O-]. The Labute approximate surface area is 189 Å². The molecule has 33 heavy (non-hydrogen) atoms. The monoisotopic (exact) mass is 474 g/mol. The zero-order valence-corrected chi connectivity index (χ0v) is 19.1. The Morgan fingerprint density at radius 3 is 2.48 bits per heavy atom. The summed E-state index contributed by atoms with van der Waals surface area (Å²) in [5.41, 5.74) is 1.99. The number of fused-ring (bicyclic) bond motifs is 1. The molecule has 3 heterocycles. The van der Waals surface area contributed by atoms with Gasteiger partial charge in [-0.15, -0.1) is 0 Å². The van der Waals surface area contributed by atoms with Crippen molar-refractivity contribution in [3.05, 3.63) is 57.5 Å². The molecule has 0 unspecified atom stereocenters. The average molecular weight is 474 g/mol. The molecular formula is C20H22N6O6S. The molecule has 0 N–H and O–H groups in total. The molecule has 13 heteroatoms. The van der Waals surface area contributed by atoms with Crippen molar-refractivity contribution in [3.8, 4) is 5.75 Å². The second-order valence-electron chi connectivity index (χ2n) is 7.62. The molecule has 0 saturated carbocycles. The van der Waals surface area contributed by atoms with Gasteiger partial charge < -0.3 is 9.64 Å². The third-order valence-electron chi connectivity index (χ3n) is 5.52. The van der Waals surface area contributed by atoms with E-state index in [1.54, 1.807) is 9.42 Å². The quantitative estimate of drug-likeness (QED) is 0.399. The first-order valence-corrected chi connectivity index (χ1v) is 11.5. The number of piperazine rings is 1. The molecule has 0 spiro atoms. The van der Waals surface area contributed by atoms with Gasteiger partial charge in [0.25, 0.3) is 5.91 Å². The second-order valence-corrected chi connectivity index (χ2v) is 9.56. The number of aryl methyl sites for hydroxylation is 2. The van der Waals surface area contributed by atoms with Crippen LogP contribution in [-0.4, -0.2) is 76.3 Å². The fourth-order valence-corrected chi connectivity index (χ4v) is 5.29. The lowest BCUT2D eigenvalue weighted by Gasteiger charge is -2.33. The molecule has 0 aliphatic carbocycles. The lowest BCUT2D eigenvalue weighted by atomic mass is 10.2. The summed E-state index contributed by atoms with van der Waals surface area (Å²) in [6, 6.07) is 5.38. The maximum Gasteiger partial charge on any atom is 0.312 e. The molecule has 1 aliphatic rings. The van der Waals surface area contributed by atoms with Crippen molar-refractivity contribution >= 4 is 27.3 Å². The highest BCUT2D eigenvalue weighted by atomic mass is 32.2. The van der Waals surface area contributed by atoms with Crippen molar-refractivity contribution in [1.82, 2.24) is 23.8 Å². The van der Waals surface area contributed by atoms with E-state index in [0.29, 0.717) is 11.2 Å². The Balaban J connectivity index is 1.53. The van der Waals surface area contributed by atoms with Gasteiger partial charge in [0.1, 0.15) is 5.56 Å². The number of nitro benzene ring substituents is 1. The van der Waals surface area contributed by atoms with Gasteiger partial charge >= 0.3 is 5.69 Å². The van der Waals surface area contributed by atoms with Crippen molar-refractivity contribution in [2.24, 2.45) is 0 Å². The fraction of sp³-hybridized carbons (Fsp3) is 0.350. The number of aromatic nitrogens is 3. The molecule has 1 aliphatic heterocycles. The van der Waals surface area contributed by atoms with Gasteiger partial charge in [0, 0.05) is 43.6 Å². The minimum Gasteiger partial charge on any atom is -0.490 e. The summed E-state index contributed by atoms with van der Waals surface area (Å²) in [6.07, 6.45) is 1.47. The second kappa shape index (κ2) is 8.41. The van der Waals surface area contributed by atoms with Gasteiger partial charge in [-0.3, -0.25) is 14.9 Å². The number of hydrogen-bond acceptors (Lipinski definition) is 8. The Morgan fingerprint density at radius 2 is 1.85 bits per heavy atom. The highest BCUT2D eigenvalue weighted by Crippen LogP contribution is 2.31.